The predicted octanol–water partition coefficient (Wildman–Crippen LogP) is 7.53. The highest BCUT2D eigenvalue weighted by atomic mass is 16.1. The topological polar surface area (TPSA) is 17.1 Å². The number of hydrogen-bond donors (Lipinski definition) is 0. The summed E-state index contributed by atoms with van der Waals surface area (Å²) in [4.78, 5) is 9.50. The number of hydrogen-bond acceptors (Lipinski definition) is 1. The predicted molar refractivity (Wildman–Crippen MR) is 116 cm³/mol. The summed E-state index contributed by atoms with van der Waals surface area (Å²) in [6, 6.07) is 0. The van der Waals surface area contributed by atoms with Gasteiger partial charge in [0.2, 0.25) is 0 Å². The van der Waals surface area contributed by atoms with Crippen molar-refractivity contribution in [3.8, 4) is 0 Å². The Hall–Kier alpha value is -0.330. The van der Waals surface area contributed by atoms with Crippen LogP contribution in [-0.4, -0.2) is 6.29 Å². The van der Waals surface area contributed by atoms with Crippen LogP contribution in [0.4, 0.5) is 0 Å². The van der Waals surface area contributed by atoms with Crippen molar-refractivity contribution in [2.45, 2.75) is 106 Å². The molecule has 4 rings (SSSR count). The molecule has 4 aliphatic carbocycles. The van der Waals surface area contributed by atoms with Crippen molar-refractivity contribution in [1.29, 1.82) is 0 Å². The smallest absolute Gasteiger partial charge is 0.122 e. The molecule has 4 aliphatic rings. The van der Waals surface area contributed by atoms with Crippen LogP contribution in [0.1, 0.15) is 106 Å². The van der Waals surface area contributed by atoms with Crippen molar-refractivity contribution in [2.24, 2.45) is 52.3 Å². The van der Waals surface area contributed by atoms with Gasteiger partial charge in [0.15, 0.2) is 0 Å². The third kappa shape index (κ3) is 3.78. The average Bonchev–Trinajstić information content (AvgIpc) is 2.96. The normalized spacial score (nSPS) is 48.7. The molecule has 0 aliphatic heterocycles. The van der Waals surface area contributed by atoms with Gasteiger partial charge in [0.05, 0.1) is 0 Å². The highest BCUT2D eigenvalue weighted by Crippen LogP contribution is 2.67. The second-order valence-corrected chi connectivity index (χ2v) is 11.6. The molecular weight excluding hydrogens is 328 g/mol. The SMILES string of the molecule is CC(C)C=O.CCC1CCC2(C)C(CCC3C4CCC(C)C4(C)CCC32)C1. The van der Waals surface area contributed by atoms with E-state index in [2.05, 4.69) is 27.7 Å². The highest BCUT2D eigenvalue weighted by molar-refractivity contribution is 5.51. The molecule has 1 heteroatoms. The summed E-state index contributed by atoms with van der Waals surface area (Å²) < 4.78 is 0. The van der Waals surface area contributed by atoms with Crippen molar-refractivity contribution in [1.82, 2.24) is 0 Å². The number of fused-ring (bicyclic) bond motifs is 5. The molecule has 156 valence electrons. The second-order valence-electron chi connectivity index (χ2n) is 11.6. The van der Waals surface area contributed by atoms with Crippen LogP contribution in [0.15, 0.2) is 0 Å². The first-order valence-electron chi connectivity index (χ1n) is 12.2. The molecule has 0 aromatic heterocycles. The number of rotatable bonds is 2. The fourth-order valence-electron chi connectivity index (χ4n) is 7.98. The lowest BCUT2D eigenvalue weighted by Gasteiger charge is -2.61. The van der Waals surface area contributed by atoms with Crippen molar-refractivity contribution in [3.63, 3.8) is 0 Å². The zero-order valence-corrected chi connectivity index (χ0v) is 19.1. The van der Waals surface area contributed by atoms with E-state index in [1.165, 1.54) is 19.3 Å². The second kappa shape index (κ2) is 8.19. The molecule has 0 heterocycles. The summed E-state index contributed by atoms with van der Waals surface area (Å²) in [7, 11) is 0. The van der Waals surface area contributed by atoms with Crippen LogP contribution in [0.5, 0.6) is 0 Å². The fraction of sp³-hybridized carbons (Fsp3) is 0.962. The first kappa shape index (κ1) is 21.4. The number of carbonyl (C=O) groups excluding carboxylic acids is 1. The fourth-order valence-corrected chi connectivity index (χ4v) is 7.98. The van der Waals surface area contributed by atoms with Gasteiger partial charge in [0.25, 0.3) is 0 Å². The van der Waals surface area contributed by atoms with E-state index in [0.29, 0.717) is 10.8 Å². The van der Waals surface area contributed by atoms with Crippen LogP contribution < -0.4 is 0 Å². The van der Waals surface area contributed by atoms with Crippen molar-refractivity contribution in [3.05, 3.63) is 0 Å². The van der Waals surface area contributed by atoms with Gasteiger partial charge in [0, 0.05) is 5.92 Å². The third-order valence-electron chi connectivity index (χ3n) is 10.1. The highest BCUT2D eigenvalue weighted by Gasteiger charge is 2.59. The number of carbonyl (C=O) groups is 1. The molecule has 4 fully saturated rings. The summed E-state index contributed by atoms with van der Waals surface area (Å²) in [6.07, 6.45) is 16.3. The van der Waals surface area contributed by atoms with Gasteiger partial charge in [-0.05, 0) is 104 Å². The van der Waals surface area contributed by atoms with Crippen LogP contribution in [0, 0.1) is 52.3 Å². The van der Waals surface area contributed by atoms with Gasteiger partial charge in [-0.25, -0.2) is 0 Å². The quantitative estimate of drug-likeness (QED) is 0.456. The molecule has 0 saturated heterocycles. The molecule has 0 N–H and O–H groups in total. The molecule has 0 amide bonds. The van der Waals surface area contributed by atoms with E-state index in [1.54, 1.807) is 44.9 Å². The van der Waals surface area contributed by atoms with Gasteiger partial charge in [-0.1, -0.05) is 48.0 Å². The average molecular weight is 375 g/mol. The third-order valence-corrected chi connectivity index (χ3v) is 10.1. The van der Waals surface area contributed by atoms with E-state index < -0.39 is 0 Å². The van der Waals surface area contributed by atoms with Crippen LogP contribution in [0.25, 0.3) is 0 Å². The van der Waals surface area contributed by atoms with Gasteiger partial charge in [0.1, 0.15) is 6.29 Å². The number of aldehydes is 1. The Morgan fingerprint density at radius 2 is 1.56 bits per heavy atom. The summed E-state index contributed by atoms with van der Waals surface area (Å²) in [5.41, 5.74) is 1.41. The lowest BCUT2D eigenvalue weighted by atomic mass is 9.44. The minimum absolute atomic E-state index is 0.204. The summed E-state index contributed by atoms with van der Waals surface area (Å²) in [5.74, 6) is 6.54. The van der Waals surface area contributed by atoms with Gasteiger partial charge in [-0.2, -0.15) is 0 Å². The van der Waals surface area contributed by atoms with E-state index in [9.17, 15) is 4.79 Å². The van der Waals surface area contributed by atoms with E-state index in [0.717, 1.165) is 41.8 Å². The van der Waals surface area contributed by atoms with Crippen LogP contribution in [0.2, 0.25) is 0 Å². The summed E-state index contributed by atoms with van der Waals surface area (Å²) >= 11 is 0. The van der Waals surface area contributed by atoms with Crippen LogP contribution >= 0.6 is 0 Å². The maximum atomic E-state index is 9.50. The molecule has 8 unspecified atom stereocenters. The van der Waals surface area contributed by atoms with Crippen LogP contribution in [0.3, 0.4) is 0 Å². The Balaban J connectivity index is 0.000000376. The molecule has 0 aromatic carbocycles. The molecule has 0 radical (unpaired) electrons. The monoisotopic (exact) mass is 374 g/mol. The zero-order chi connectivity index (χ0) is 19.8. The maximum absolute atomic E-state index is 9.50. The van der Waals surface area contributed by atoms with Crippen LogP contribution in [-0.2, 0) is 4.79 Å². The van der Waals surface area contributed by atoms with Crippen molar-refractivity contribution >= 4 is 6.29 Å². The van der Waals surface area contributed by atoms with E-state index >= 15 is 0 Å². The maximum Gasteiger partial charge on any atom is 0.122 e. The molecule has 0 aromatic rings. The largest absolute Gasteiger partial charge is 0.303 e. The molecule has 27 heavy (non-hydrogen) atoms. The van der Waals surface area contributed by atoms with E-state index in [4.69, 9.17) is 0 Å². The summed E-state index contributed by atoms with van der Waals surface area (Å²) in [6.45, 7) is 14.1. The van der Waals surface area contributed by atoms with Crippen molar-refractivity contribution < 1.29 is 4.79 Å². The van der Waals surface area contributed by atoms with Gasteiger partial charge < -0.3 is 4.79 Å². The first-order valence-corrected chi connectivity index (χ1v) is 12.2. The molecule has 0 spiro atoms. The Bertz CT molecular complexity index is 510. The standard InChI is InChI=1S/C22H38.C4H8O/c1-5-16-10-12-22(4)17(14-16)7-8-18-19-9-6-15(2)21(19,3)13-11-20(18)22;1-4(2)3-5/h15-20H,5-14H2,1-4H3;3-4H,1-2H3. The zero-order valence-electron chi connectivity index (χ0n) is 19.1. The van der Waals surface area contributed by atoms with Crippen molar-refractivity contribution in [2.75, 3.05) is 0 Å². The Morgan fingerprint density at radius 1 is 0.926 bits per heavy atom. The molecule has 0 bridgehead atoms. The van der Waals surface area contributed by atoms with E-state index in [1.807, 2.05) is 13.8 Å². The van der Waals surface area contributed by atoms with Gasteiger partial charge in [-0.15, -0.1) is 0 Å². The molecule has 1 nitrogen and oxygen atoms in total. The van der Waals surface area contributed by atoms with E-state index in [-0.39, 0.29) is 5.92 Å². The lowest BCUT2D eigenvalue weighted by molar-refractivity contribution is -0.117. The van der Waals surface area contributed by atoms with Gasteiger partial charge >= 0.3 is 0 Å². The lowest BCUT2D eigenvalue weighted by Crippen LogP contribution is -2.53. The first-order chi connectivity index (χ1) is 12.8. The van der Waals surface area contributed by atoms with Gasteiger partial charge in [-0.3, -0.25) is 0 Å². The Labute approximate surface area is 169 Å². The molecular formula is C26H46O. The Morgan fingerprint density at radius 3 is 2.19 bits per heavy atom. The molecule has 8 atom stereocenters. The minimum atomic E-state index is 0.204. The minimum Gasteiger partial charge on any atom is -0.303 e. The molecule has 4 saturated carbocycles. The Kier molecular flexibility index (Phi) is 6.49. The summed E-state index contributed by atoms with van der Waals surface area (Å²) in [5, 5.41) is 0.